The van der Waals surface area contributed by atoms with Crippen LogP contribution in [0.3, 0.4) is 0 Å². The normalized spacial score (nSPS) is 10.8. The van der Waals surface area contributed by atoms with Crippen molar-refractivity contribution in [2.45, 2.75) is 10.8 Å². The lowest BCUT2D eigenvalue weighted by molar-refractivity contribution is 0.935. The van der Waals surface area contributed by atoms with E-state index in [-0.39, 0.29) is 0 Å². The molecule has 0 spiro atoms. The summed E-state index contributed by atoms with van der Waals surface area (Å²) in [6.07, 6.45) is 3.62. The predicted molar refractivity (Wildman–Crippen MR) is 98.8 cm³/mol. The fourth-order valence-corrected chi connectivity index (χ4v) is 3.31. The highest BCUT2D eigenvalue weighted by atomic mass is 32.2. The van der Waals surface area contributed by atoms with E-state index < -0.39 is 0 Å². The Hall–Kier alpha value is -2.72. The quantitative estimate of drug-likeness (QED) is 0.495. The third-order valence-corrected chi connectivity index (χ3v) is 4.81. The molecule has 0 unspecified atom stereocenters. The van der Waals surface area contributed by atoms with E-state index in [1.165, 1.54) is 16.3 Å². The van der Waals surface area contributed by atoms with Crippen LogP contribution in [-0.2, 0) is 5.75 Å². The Labute approximate surface area is 144 Å². The average molecular weight is 329 g/mol. The minimum atomic E-state index is 0.868. The molecule has 4 heteroatoms. The zero-order valence-electron chi connectivity index (χ0n) is 13.0. The van der Waals surface area contributed by atoms with Crippen LogP contribution in [0.4, 0.5) is 0 Å². The van der Waals surface area contributed by atoms with Crippen LogP contribution in [0.1, 0.15) is 5.56 Å². The smallest absolute Gasteiger partial charge is 0.119 e. The number of thioether (sulfide) groups is 1. The molecule has 0 fully saturated rings. The van der Waals surface area contributed by atoms with Gasteiger partial charge in [-0.2, -0.15) is 0 Å². The molecular formula is C20H15N3S. The van der Waals surface area contributed by atoms with Gasteiger partial charge in [-0.1, -0.05) is 48.2 Å². The maximum atomic E-state index is 4.38. The molecule has 2 aromatic carbocycles. The van der Waals surface area contributed by atoms with Crippen LogP contribution < -0.4 is 0 Å². The topological polar surface area (TPSA) is 38.7 Å². The highest BCUT2D eigenvalue weighted by Gasteiger charge is 2.03. The molecule has 116 valence electrons. The van der Waals surface area contributed by atoms with E-state index in [2.05, 4.69) is 57.6 Å². The molecule has 0 saturated heterocycles. The summed E-state index contributed by atoms with van der Waals surface area (Å²) in [5.41, 5.74) is 3.22. The Bertz CT molecular complexity index is 953. The van der Waals surface area contributed by atoms with E-state index in [4.69, 9.17) is 0 Å². The summed E-state index contributed by atoms with van der Waals surface area (Å²) in [6, 6.07) is 22.8. The number of pyridine rings is 1. The number of hydrogen-bond donors (Lipinski definition) is 0. The zero-order chi connectivity index (χ0) is 16.2. The number of rotatable bonds is 4. The van der Waals surface area contributed by atoms with E-state index >= 15 is 0 Å². The van der Waals surface area contributed by atoms with Crippen molar-refractivity contribution in [1.29, 1.82) is 0 Å². The summed E-state index contributed by atoms with van der Waals surface area (Å²) in [7, 11) is 0. The molecule has 0 atom stereocenters. The molecule has 0 aliphatic carbocycles. The molecule has 0 N–H and O–H groups in total. The largest absolute Gasteiger partial charge is 0.265 e. The van der Waals surface area contributed by atoms with E-state index in [9.17, 15) is 0 Å². The monoisotopic (exact) mass is 329 g/mol. The van der Waals surface area contributed by atoms with Gasteiger partial charge in [0.2, 0.25) is 0 Å². The Kier molecular flexibility index (Phi) is 4.21. The summed E-state index contributed by atoms with van der Waals surface area (Å²) in [4.78, 5) is 4.03. The van der Waals surface area contributed by atoms with Gasteiger partial charge in [-0.05, 0) is 46.7 Å². The fourth-order valence-electron chi connectivity index (χ4n) is 2.54. The molecule has 0 aliphatic rings. The van der Waals surface area contributed by atoms with Gasteiger partial charge in [0.1, 0.15) is 5.03 Å². The van der Waals surface area contributed by atoms with Gasteiger partial charge < -0.3 is 0 Å². The molecule has 4 rings (SSSR count). The maximum Gasteiger partial charge on any atom is 0.119 e. The van der Waals surface area contributed by atoms with Gasteiger partial charge in [-0.15, -0.1) is 10.2 Å². The summed E-state index contributed by atoms with van der Waals surface area (Å²) >= 11 is 1.68. The Morgan fingerprint density at radius 3 is 2.38 bits per heavy atom. The molecule has 0 bridgehead atoms. The van der Waals surface area contributed by atoms with Crippen molar-refractivity contribution in [3.05, 3.63) is 84.7 Å². The Morgan fingerprint density at radius 2 is 1.58 bits per heavy atom. The third-order valence-electron chi connectivity index (χ3n) is 3.82. The summed E-state index contributed by atoms with van der Waals surface area (Å²) in [6.45, 7) is 0. The van der Waals surface area contributed by atoms with Gasteiger partial charge in [0, 0.05) is 23.7 Å². The number of hydrogen-bond acceptors (Lipinski definition) is 4. The molecule has 2 heterocycles. The predicted octanol–water partition coefficient (Wildman–Crippen LogP) is 4.98. The SMILES string of the molecule is c1ccc2cc(-c3ccc(SCc4ccncc4)nn3)ccc2c1. The first kappa shape index (κ1) is 14.8. The second kappa shape index (κ2) is 6.81. The van der Waals surface area contributed by atoms with Crippen molar-refractivity contribution >= 4 is 22.5 Å². The molecule has 0 radical (unpaired) electrons. The molecule has 0 amide bonds. The first-order chi connectivity index (χ1) is 11.9. The lowest BCUT2D eigenvalue weighted by Crippen LogP contribution is -1.90. The first-order valence-electron chi connectivity index (χ1n) is 7.73. The number of aromatic nitrogens is 3. The van der Waals surface area contributed by atoms with Crippen LogP contribution in [-0.4, -0.2) is 15.2 Å². The molecular weight excluding hydrogens is 314 g/mol. The fraction of sp³-hybridized carbons (Fsp3) is 0.0500. The van der Waals surface area contributed by atoms with Gasteiger partial charge in [-0.3, -0.25) is 4.98 Å². The third kappa shape index (κ3) is 3.29. The number of nitrogens with zero attached hydrogens (tertiary/aromatic N) is 3. The Balaban J connectivity index is 1.52. The van der Waals surface area contributed by atoms with Crippen molar-refractivity contribution in [2.75, 3.05) is 0 Å². The van der Waals surface area contributed by atoms with Gasteiger partial charge in [0.25, 0.3) is 0 Å². The van der Waals surface area contributed by atoms with Crippen LogP contribution in [0.2, 0.25) is 0 Å². The molecule has 3 nitrogen and oxygen atoms in total. The second-order valence-electron chi connectivity index (χ2n) is 5.46. The number of benzene rings is 2. The van der Waals surface area contributed by atoms with Crippen molar-refractivity contribution in [3.8, 4) is 11.3 Å². The van der Waals surface area contributed by atoms with E-state index in [0.717, 1.165) is 22.0 Å². The number of fused-ring (bicyclic) bond motifs is 1. The van der Waals surface area contributed by atoms with Crippen molar-refractivity contribution in [1.82, 2.24) is 15.2 Å². The lowest BCUT2D eigenvalue weighted by atomic mass is 10.1. The van der Waals surface area contributed by atoms with Gasteiger partial charge in [0.05, 0.1) is 5.69 Å². The minimum absolute atomic E-state index is 0.868. The zero-order valence-corrected chi connectivity index (χ0v) is 13.8. The minimum Gasteiger partial charge on any atom is -0.265 e. The lowest BCUT2D eigenvalue weighted by Gasteiger charge is -2.04. The van der Waals surface area contributed by atoms with Crippen molar-refractivity contribution in [3.63, 3.8) is 0 Å². The summed E-state index contributed by atoms with van der Waals surface area (Å²) < 4.78 is 0. The average Bonchev–Trinajstić information content (AvgIpc) is 2.67. The second-order valence-corrected chi connectivity index (χ2v) is 6.46. The Morgan fingerprint density at radius 1 is 0.750 bits per heavy atom. The van der Waals surface area contributed by atoms with Crippen LogP contribution in [0.15, 0.2) is 84.1 Å². The van der Waals surface area contributed by atoms with Gasteiger partial charge >= 0.3 is 0 Å². The molecule has 0 aliphatic heterocycles. The standard InChI is InChI=1S/C20H15N3S/c1-2-4-17-13-18(6-5-16(17)3-1)19-7-8-20(23-22-19)24-14-15-9-11-21-12-10-15/h1-13H,14H2. The molecule has 4 aromatic rings. The van der Waals surface area contributed by atoms with Crippen LogP contribution in [0.5, 0.6) is 0 Å². The van der Waals surface area contributed by atoms with E-state index in [0.29, 0.717) is 0 Å². The van der Waals surface area contributed by atoms with Crippen LogP contribution in [0, 0.1) is 0 Å². The van der Waals surface area contributed by atoms with Gasteiger partial charge in [-0.25, -0.2) is 0 Å². The summed E-state index contributed by atoms with van der Waals surface area (Å²) in [5.74, 6) is 0.868. The maximum absolute atomic E-state index is 4.38. The van der Waals surface area contributed by atoms with Crippen LogP contribution in [0.25, 0.3) is 22.0 Å². The molecule has 0 saturated carbocycles. The molecule has 24 heavy (non-hydrogen) atoms. The van der Waals surface area contributed by atoms with Crippen LogP contribution >= 0.6 is 11.8 Å². The van der Waals surface area contributed by atoms with E-state index in [1.807, 2.05) is 36.7 Å². The summed E-state index contributed by atoms with van der Waals surface area (Å²) in [5, 5.41) is 12.1. The highest BCUT2D eigenvalue weighted by molar-refractivity contribution is 7.98. The molecule has 2 aromatic heterocycles. The first-order valence-corrected chi connectivity index (χ1v) is 8.72. The van der Waals surface area contributed by atoms with Crippen molar-refractivity contribution < 1.29 is 0 Å². The van der Waals surface area contributed by atoms with E-state index in [1.54, 1.807) is 11.8 Å². The van der Waals surface area contributed by atoms with Gasteiger partial charge in [0.15, 0.2) is 0 Å². The highest BCUT2D eigenvalue weighted by Crippen LogP contribution is 2.25. The van der Waals surface area contributed by atoms with Crippen molar-refractivity contribution in [2.24, 2.45) is 0 Å².